The van der Waals surface area contributed by atoms with E-state index in [2.05, 4.69) is 69.5 Å². The van der Waals surface area contributed by atoms with E-state index in [-0.39, 0.29) is 17.8 Å². The number of nitrogens with zero attached hydrogens (tertiary/aromatic N) is 3. The van der Waals surface area contributed by atoms with Crippen LogP contribution in [0.15, 0.2) is 60.8 Å². The molecule has 0 spiro atoms. The average Bonchev–Trinajstić information content (AvgIpc) is 3.86. The Labute approximate surface area is 304 Å². The van der Waals surface area contributed by atoms with Crippen molar-refractivity contribution in [2.24, 2.45) is 0 Å². The normalized spacial score (nSPS) is 16.4. The maximum Gasteiger partial charge on any atom is 0.410 e. The van der Waals surface area contributed by atoms with Gasteiger partial charge in [-0.2, -0.15) is 0 Å². The molecule has 10 nitrogen and oxygen atoms in total. The van der Waals surface area contributed by atoms with Crippen molar-refractivity contribution in [3.8, 4) is 33.6 Å². The number of carbonyl (C=O) groups excluding carboxylic acids is 2. The number of carbonyl (C=O) groups is 2. The Morgan fingerprint density at radius 2 is 1.58 bits per heavy atom. The molecular formula is C42H48N6O4. The molecule has 1 fully saturated rings. The molecule has 52 heavy (non-hydrogen) atoms. The number of benzene rings is 3. The van der Waals surface area contributed by atoms with Crippen LogP contribution in [0.4, 0.5) is 4.79 Å². The Morgan fingerprint density at radius 1 is 0.904 bits per heavy atom. The van der Waals surface area contributed by atoms with Gasteiger partial charge in [0, 0.05) is 17.7 Å². The Balaban J connectivity index is 1.09. The number of rotatable bonds is 7. The molecule has 3 aromatic carbocycles. The number of H-pyrrole nitrogens is 2. The average molecular weight is 701 g/mol. The van der Waals surface area contributed by atoms with Crippen molar-refractivity contribution in [2.75, 3.05) is 6.54 Å². The lowest BCUT2D eigenvalue weighted by atomic mass is 9.89. The lowest BCUT2D eigenvalue weighted by Gasteiger charge is -2.27. The second kappa shape index (κ2) is 13.4. The largest absolute Gasteiger partial charge is 0.455 e. The summed E-state index contributed by atoms with van der Waals surface area (Å²) in [6.07, 6.45) is 5.53. The van der Waals surface area contributed by atoms with Crippen molar-refractivity contribution in [1.82, 2.24) is 24.8 Å². The van der Waals surface area contributed by atoms with Gasteiger partial charge in [0.15, 0.2) is 0 Å². The Hall–Kier alpha value is -5.25. The van der Waals surface area contributed by atoms with Gasteiger partial charge in [-0.3, -0.25) is 10.3 Å². The molecular weight excluding hydrogens is 652 g/mol. The number of likely N-dealkylation sites (tertiary alicyclic amines) is 1. The standard InChI is InChI=1S/C42H48N6O4/c1-8-30(35(43)39(49)51-41(2,3)4)37-45-32-18-16-28-21-27(15-17-31(28)36(32)47-37)24-11-12-26-22-29(14-13-25(26)20-24)33-23-44-38(46-33)34-10-9-19-48(34)40(50)52-42(5,6)7/h11-15,17,20-23,30,34,43H,8-10,16,18-19H2,1-7H3,(H,44,46)(H,45,47)/t30-,34-/m0/s1. The number of amides is 1. The Bertz CT molecular complexity index is 2180. The lowest BCUT2D eigenvalue weighted by molar-refractivity contribution is -0.146. The topological polar surface area (TPSA) is 137 Å². The van der Waals surface area contributed by atoms with Gasteiger partial charge in [-0.25, -0.2) is 19.6 Å². The fourth-order valence-electron chi connectivity index (χ4n) is 7.32. The second-order valence-electron chi connectivity index (χ2n) is 16.0. The van der Waals surface area contributed by atoms with Crippen LogP contribution in [0, 0.1) is 5.41 Å². The smallest absolute Gasteiger partial charge is 0.410 e. The first-order chi connectivity index (χ1) is 24.7. The monoisotopic (exact) mass is 700 g/mol. The van der Waals surface area contributed by atoms with Crippen molar-refractivity contribution >= 4 is 28.5 Å². The van der Waals surface area contributed by atoms with Crippen LogP contribution in [-0.2, 0) is 27.1 Å². The highest BCUT2D eigenvalue weighted by Gasteiger charge is 2.35. The van der Waals surface area contributed by atoms with Crippen LogP contribution in [-0.4, -0.2) is 60.4 Å². The van der Waals surface area contributed by atoms with Crippen LogP contribution in [0.5, 0.6) is 0 Å². The van der Waals surface area contributed by atoms with E-state index in [1.54, 1.807) is 4.90 Å². The zero-order valence-electron chi connectivity index (χ0n) is 31.1. The zero-order valence-corrected chi connectivity index (χ0v) is 31.1. The molecule has 1 aliphatic carbocycles. The number of nitrogens with one attached hydrogen (secondary N) is 3. The number of ether oxygens (including phenoxy) is 2. The van der Waals surface area contributed by atoms with E-state index in [1.165, 1.54) is 5.56 Å². The molecule has 7 rings (SSSR count). The summed E-state index contributed by atoms with van der Waals surface area (Å²) in [6.45, 7) is 13.7. The Morgan fingerprint density at radius 3 is 2.29 bits per heavy atom. The van der Waals surface area contributed by atoms with Crippen LogP contribution < -0.4 is 0 Å². The third kappa shape index (κ3) is 7.11. The number of fused-ring (bicyclic) bond motifs is 4. The summed E-state index contributed by atoms with van der Waals surface area (Å²) >= 11 is 0. The van der Waals surface area contributed by atoms with Gasteiger partial charge in [0.05, 0.1) is 35.2 Å². The molecule has 0 radical (unpaired) electrons. The SMILES string of the molecule is CC[C@@H](C(=N)C(=O)OC(C)(C)C)c1nc2c([nH]1)-c1ccc(-c3ccc4cc(-c5cnc([C@@H]6CCCN6C(=O)OC(C)(C)C)[nH]5)ccc4c3)cc1CC2. The fraction of sp³-hybridized carbons (Fsp3) is 0.405. The molecule has 270 valence electrons. The summed E-state index contributed by atoms with van der Waals surface area (Å²) < 4.78 is 11.1. The van der Waals surface area contributed by atoms with E-state index in [9.17, 15) is 9.59 Å². The maximum absolute atomic E-state index is 12.9. The van der Waals surface area contributed by atoms with Crippen LogP contribution in [0.3, 0.4) is 0 Å². The van der Waals surface area contributed by atoms with E-state index in [1.807, 2.05) is 54.7 Å². The van der Waals surface area contributed by atoms with Gasteiger partial charge in [-0.15, -0.1) is 0 Å². The number of hydrogen-bond acceptors (Lipinski definition) is 7. The van der Waals surface area contributed by atoms with Crippen LogP contribution in [0.2, 0.25) is 0 Å². The van der Waals surface area contributed by atoms with Crippen LogP contribution >= 0.6 is 0 Å². The highest BCUT2D eigenvalue weighted by atomic mass is 16.6. The number of aromatic amines is 2. The van der Waals surface area contributed by atoms with Crippen molar-refractivity contribution in [3.05, 3.63) is 83.7 Å². The molecule has 3 heterocycles. The lowest BCUT2D eigenvalue weighted by Crippen LogP contribution is -2.36. The summed E-state index contributed by atoms with van der Waals surface area (Å²) in [7, 11) is 0. The summed E-state index contributed by atoms with van der Waals surface area (Å²) in [5.74, 6) is 0.360. The number of imidazole rings is 2. The maximum atomic E-state index is 12.9. The molecule has 1 saturated heterocycles. The quantitative estimate of drug-likeness (QED) is 0.114. The van der Waals surface area contributed by atoms with Gasteiger partial charge >= 0.3 is 12.1 Å². The summed E-state index contributed by atoms with van der Waals surface area (Å²) in [5.41, 5.74) is 7.26. The zero-order chi connectivity index (χ0) is 36.9. The van der Waals surface area contributed by atoms with E-state index in [4.69, 9.17) is 19.9 Å². The first-order valence-corrected chi connectivity index (χ1v) is 18.3. The van der Waals surface area contributed by atoms with Gasteiger partial charge in [-0.05, 0) is 113 Å². The number of esters is 1. The molecule has 2 atom stereocenters. The predicted molar refractivity (Wildman–Crippen MR) is 203 cm³/mol. The van der Waals surface area contributed by atoms with E-state index < -0.39 is 23.1 Å². The molecule has 10 heteroatoms. The minimum atomic E-state index is -0.663. The van der Waals surface area contributed by atoms with Crippen molar-refractivity contribution in [3.63, 3.8) is 0 Å². The molecule has 5 aromatic rings. The molecule has 0 saturated carbocycles. The van der Waals surface area contributed by atoms with Crippen molar-refractivity contribution in [1.29, 1.82) is 5.41 Å². The number of aromatic nitrogens is 4. The highest BCUT2D eigenvalue weighted by Crippen LogP contribution is 2.38. The van der Waals surface area contributed by atoms with Gasteiger partial charge in [0.2, 0.25) is 0 Å². The molecule has 1 aliphatic heterocycles. The fourth-order valence-corrected chi connectivity index (χ4v) is 7.32. The van der Waals surface area contributed by atoms with E-state index >= 15 is 0 Å². The molecule has 2 aromatic heterocycles. The molecule has 3 N–H and O–H groups in total. The molecule has 0 bridgehead atoms. The molecule has 0 unspecified atom stereocenters. The third-order valence-electron chi connectivity index (χ3n) is 9.78. The number of hydrogen-bond donors (Lipinski definition) is 3. The summed E-state index contributed by atoms with van der Waals surface area (Å²) in [4.78, 5) is 43.9. The van der Waals surface area contributed by atoms with Gasteiger partial charge in [0.1, 0.15) is 28.6 Å². The minimum absolute atomic E-state index is 0.0764. The van der Waals surface area contributed by atoms with Crippen molar-refractivity contribution < 1.29 is 19.1 Å². The second-order valence-corrected chi connectivity index (χ2v) is 16.0. The minimum Gasteiger partial charge on any atom is -0.455 e. The van der Waals surface area contributed by atoms with Gasteiger partial charge in [-0.1, -0.05) is 49.4 Å². The first kappa shape index (κ1) is 35.2. The van der Waals surface area contributed by atoms with E-state index in [0.717, 1.165) is 81.6 Å². The van der Waals surface area contributed by atoms with Crippen molar-refractivity contribution in [2.45, 2.75) is 104 Å². The summed E-state index contributed by atoms with van der Waals surface area (Å²) in [6, 6.07) is 19.4. The molecule has 1 amide bonds. The third-order valence-corrected chi connectivity index (χ3v) is 9.78. The predicted octanol–water partition coefficient (Wildman–Crippen LogP) is 9.31. The van der Waals surface area contributed by atoms with E-state index in [0.29, 0.717) is 18.8 Å². The highest BCUT2D eigenvalue weighted by molar-refractivity contribution is 6.37. The van der Waals surface area contributed by atoms with Crippen LogP contribution in [0.1, 0.15) is 103 Å². The van der Waals surface area contributed by atoms with Crippen LogP contribution in [0.25, 0.3) is 44.4 Å². The number of aryl methyl sites for hydroxylation is 2. The van der Waals surface area contributed by atoms with Gasteiger partial charge < -0.3 is 19.4 Å². The summed E-state index contributed by atoms with van der Waals surface area (Å²) in [5, 5.41) is 10.9. The Kier molecular flexibility index (Phi) is 9.05. The first-order valence-electron chi connectivity index (χ1n) is 18.3. The molecule has 2 aliphatic rings. The van der Waals surface area contributed by atoms with Gasteiger partial charge in [0.25, 0.3) is 0 Å².